The minimum absolute atomic E-state index is 0.159. The van der Waals surface area contributed by atoms with Crippen LogP contribution in [0.5, 0.6) is 5.75 Å². The topological polar surface area (TPSA) is 84.9 Å². The van der Waals surface area contributed by atoms with Gasteiger partial charge < -0.3 is 19.9 Å². The summed E-state index contributed by atoms with van der Waals surface area (Å²) in [6.45, 7) is 3.71. The van der Waals surface area contributed by atoms with Gasteiger partial charge >= 0.3 is 5.97 Å². The molecule has 6 nitrogen and oxygen atoms in total. The zero-order valence-corrected chi connectivity index (χ0v) is 19.1. The fourth-order valence-electron chi connectivity index (χ4n) is 2.88. The van der Waals surface area contributed by atoms with E-state index in [9.17, 15) is 19.1 Å². The van der Waals surface area contributed by atoms with Gasteiger partial charge in [0, 0.05) is 34.6 Å². The minimum atomic E-state index is -1.04. The van der Waals surface area contributed by atoms with Crippen LogP contribution in [0.1, 0.15) is 30.5 Å². The van der Waals surface area contributed by atoms with Crippen LogP contribution >= 0.6 is 15.9 Å². The largest absolute Gasteiger partial charge is 0.496 e. The quantitative estimate of drug-likeness (QED) is 0.480. The van der Waals surface area contributed by atoms with E-state index in [0.29, 0.717) is 21.3 Å². The second-order valence-corrected chi connectivity index (χ2v) is 7.99. The average molecular weight is 494 g/mol. The summed E-state index contributed by atoms with van der Waals surface area (Å²) in [6.07, 6.45) is 1.63. The van der Waals surface area contributed by atoms with E-state index in [2.05, 4.69) is 21.2 Å². The molecule has 1 atom stereocenters. The molecule has 2 N–H and O–H groups in total. The second kappa shape index (κ2) is 11.6. The van der Waals surface area contributed by atoms with Crippen LogP contribution in [0, 0.1) is 5.82 Å². The number of benzene rings is 2. The molecule has 31 heavy (non-hydrogen) atoms. The van der Waals surface area contributed by atoms with E-state index in [1.165, 1.54) is 25.3 Å². The molecular formula is C23H25BrFNO5. The van der Waals surface area contributed by atoms with E-state index in [1.54, 1.807) is 44.2 Å². The van der Waals surface area contributed by atoms with E-state index >= 15 is 0 Å². The van der Waals surface area contributed by atoms with Crippen LogP contribution in [-0.2, 0) is 27.3 Å². The Labute approximate surface area is 189 Å². The first-order chi connectivity index (χ1) is 14.7. The molecule has 0 fully saturated rings. The molecule has 0 aliphatic heterocycles. The number of carboxylic acids is 1. The first-order valence-electron chi connectivity index (χ1n) is 9.64. The number of rotatable bonds is 10. The molecule has 8 heteroatoms. The van der Waals surface area contributed by atoms with Crippen LogP contribution in [-0.4, -0.2) is 36.3 Å². The number of amides is 1. The maximum atomic E-state index is 13.9. The van der Waals surface area contributed by atoms with E-state index in [-0.39, 0.29) is 19.1 Å². The number of halogens is 2. The fraction of sp³-hybridized carbons (Fsp3) is 0.304. The monoisotopic (exact) mass is 493 g/mol. The van der Waals surface area contributed by atoms with Crippen molar-refractivity contribution in [2.75, 3.05) is 7.11 Å². The first-order valence-corrected chi connectivity index (χ1v) is 10.4. The lowest BCUT2D eigenvalue weighted by Crippen LogP contribution is -2.29. The minimum Gasteiger partial charge on any atom is -0.496 e. The number of methoxy groups -OCH3 is 1. The lowest BCUT2D eigenvalue weighted by molar-refractivity contribution is -0.153. The van der Waals surface area contributed by atoms with Gasteiger partial charge in [0.25, 0.3) is 0 Å². The van der Waals surface area contributed by atoms with Crippen molar-refractivity contribution in [2.24, 2.45) is 0 Å². The third-order valence-electron chi connectivity index (χ3n) is 4.31. The van der Waals surface area contributed by atoms with Crippen LogP contribution in [0.3, 0.4) is 0 Å². The van der Waals surface area contributed by atoms with Gasteiger partial charge in [-0.3, -0.25) is 4.79 Å². The molecule has 0 heterocycles. The first kappa shape index (κ1) is 24.6. The number of aliphatic carboxylic acids is 1. The molecule has 0 saturated carbocycles. The Morgan fingerprint density at radius 1 is 1.23 bits per heavy atom. The Balaban J connectivity index is 2.07. The van der Waals surface area contributed by atoms with E-state index in [0.717, 1.165) is 5.56 Å². The summed E-state index contributed by atoms with van der Waals surface area (Å²) in [5.41, 5.74) is 1.72. The van der Waals surface area contributed by atoms with Crippen molar-refractivity contribution in [1.82, 2.24) is 5.32 Å². The molecule has 1 unspecified atom stereocenters. The Bertz CT molecular complexity index is 961. The molecule has 166 valence electrons. The van der Waals surface area contributed by atoms with Crippen LogP contribution in [0.2, 0.25) is 0 Å². The van der Waals surface area contributed by atoms with Crippen LogP contribution in [0.15, 0.2) is 46.9 Å². The molecule has 0 bridgehead atoms. The van der Waals surface area contributed by atoms with Crippen molar-refractivity contribution in [1.29, 1.82) is 0 Å². The number of hydrogen-bond acceptors (Lipinski definition) is 4. The van der Waals surface area contributed by atoms with Gasteiger partial charge in [-0.25, -0.2) is 9.18 Å². The predicted molar refractivity (Wildman–Crippen MR) is 119 cm³/mol. The molecule has 0 saturated heterocycles. The number of ether oxygens (including phenoxy) is 2. The van der Waals surface area contributed by atoms with Gasteiger partial charge in [0.2, 0.25) is 5.91 Å². The second-order valence-electron chi connectivity index (χ2n) is 7.08. The summed E-state index contributed by atoms with van der Waals surface area (Å²) >= 11 is 3.18. The number of carbonyl (C=O) groups excluding carboxylic acids is 1. The van der Waals surface area contributed by atoms with Crippen LogP contribution < -0.4 is 10.1 Å². The molecule has 0 aliphatic carbocycles. The Morgan fingerprint density at radius 3 is 2.58 bits per heavy atom. The molecule has 0 aromatic heterocycles. The lowest BCUT2D eigenvalue weighted by Gasteiger charge is -2.17. The van der Waals surface area contributed by atoms with E-state index < -0.39 is 23.8 Å². The van der Waals surface area contributed by atoms with Crippen molar-refractivity contribution in [3.05, 3.63) is 69.5 Å². The third-order valence-corrected chi connectivity index (χ3v) is 4.80. The fourth-order valence-corrected chi connectivity index (χ4v) is 3.21. The molecule has 2 aromatic rings. The van der Waals surface area contributed by atoms with Gasteiger partial charge in [-0.05, 0) is 43.7 Å². The van der Waals surface area contributed by atoms with Crippen molar-refractivity contribution < 1.29 is 28.6 Å². The van der Waals surface area contributed by atoms with Gasteiger partial charge in [0.15, 0.2) is 6.10 Å². The maximum Gasteiger partial charge on any atom is 0.333 e. The SMILES string of the molecule is COc1ccc(CC(OC(C)C)C(=O)O)cc1CNC(=O)C=Cc1ccc(Br)cc1F. The molecule has 1 amide bonds. The Morgan fingerprint density at radius 2 is 1.97 bits per heavy atom. The Kier molecular flexibility index (Phi) is 9.21. The Hall–Kier alpha value is -2.71. The molecule has 0 radical (unpaired) electrons. The summed E-state index contributed by atoms with van der Waals surface area (Å²) < 4.78 is 25.3. The standard InChI is InChI=1S/C23H25BrFNO5/c1-14(2)31-21(23(28)29)11-15-4-8-20(30-3)17(10-15)13-26-22(27)9-6-16-5-7-18(24)12-19(16)25/h4-10,12,14,21H,11,13H2,1-3H3,(H,26,27)(H,28,29). The molecule has 2 aromatic carbocycles. The predicted octanol–water partition coefficient (Wildman–Crippen LogP) is 4.35. The molecule has 2 rings (SSSR count). The number of nitrogens with one attached hydrogen (secondary N) is 1. The van der Waals surface area contributed by atoms with Crippen molar-refractivity contribution >= 4 is 33.9 Å². The van der Waals surface area contributed by atoms with E-state index in [4.69, 9.17) is 9.47 Å². The van der Waals surface area contributed by atoms with Gasteiger partial charge in [-0.15, -0.1) is 0 Å². The summed E-state index contributed by atoms with van der Waals surface area (Å²) in [7, 11) is 1.51. The summed E-state index contributed by atoms with van der Waals surface area (Å²) in [6, 6.07) is 9.83. The zero-order chi connectivity index (χ0) is 23.0. The molecule has 0 aliphatic rings. The summed E-state index contributed by atoms with van der Waals surface area (Å²) in [4.78, 5) is 23.6. The molecular weight excluding hydrogens is 469 g/mol. The van der Waals surface area contributed by atoms with E-state index in [1.807, 2.05) is 0 Å². The summed E-state index contributed by atoms with van der Waals surface area (Å²) in [5, 5.41) is 12.1. The highest BCUT2D eigenvalue weighted by molar-refractivity contribution is 9.10. The number of carboxylic acid groups (broad SMARTS) is 1. The van der Waals surface area contributed by atoms with Gasteiger partial charge in [-0.1, -0.05) is 34.1 Å². The number of carbonyl (C=O) groups is 2. The van der Waals surface area contributed by atoms with Crippen LogP contribution in [0.25, 0.3) is 6.08 Å². The normalized spacial score (nSPS) is 12.2. The average Bonchev–Trinajstić information content (AvgIpc) is 2.70. The van der Waals surface area contributed by atoms with Gasteiger partial charge in [0.1, 0.15) is 11.6 Å². The van der Waals surface area contributed by atoms with Crippen molar-refractivity contribution in [3.63, 3.8) is 0 Å². The smallest absolute Gasteiger partial charge is 0.333 e. The van der Waals surface area contributed by atoms with Crippen LogP contribution in [0.4, 0.5) is 4.39 Å². The lowest BCUT2D eigenvalue weighted by atomic mass is 10.0. The number of hydrogen-bond donors (Lipinski definition) is 2. The van der Waals surface area contributed by atoms with Gasteiger partial charge in [0.05, 0.1) is 13.2 Å². The zero-order valence-electron chi connectivity index (χ0n) is 17.5. The summed E-state index contributed by atoms with van der Waals surface area (Å²) in [5.74, 6) is -1.32. The third kappa shape index (κ3) is 7.80. The van der Waals surface area contributed by atoms with Crippen molar-refractivity contribution in [2.45, 2.75) is 39.0 Å². The van der Waals surface area contributed by atoms with Crippen molar-refractivity contribution in [3.8, 4) is 5.75 Å². The molecule has 0 spiro atoms. The van der Waals surface area contributed by atoms with Gasteiger partial charge in [-0.2, -0.15) is 0 Å². The maximum absolute atomic E-state index is 13.9. The highest BCUT2D eigenvalue weighted by Gasteiger charge is 2.20. The highest BCUT2D eigenvalue weighted by Crippen LogP contribution is 2.22. The highest BCUT2D eigenvalue weighted by atomic mass is 79.9.